The van der Waals surface area contributed by atoms with Gasteiger partial charge in [-0.3, -0.25) is 0 Å². The molecule has 1 aromatic heterocycles. The molecule has 2 rings (SSSR count). The first-order valence-corrected chi connectivity index (χ1v) is 10.3. The summed E-state index contributed by atoms with van der Waals surface area (Å²) < 4.78 is 26.7. The van der Waals surface area contributed by atoms with Crippen molar-refractivity contribution in [3.63, 3.8) is 0 Å². The lowest BCUT2D eigenvalue weighted by Gasteiger charge is -2.21. The molecule has 146 valence electrons. The molecule has 7 nitrogen and oxygen atoms in total. The van der Waals surface area contributed by atoms with Gasteiger partial charge in [0.15, 0.2) is 5.03 Å². The second-order valence-electron chi connectivity index (χ2n) is 6.90. The molecule has 0 saturated heterocycles. The van der Waals surface area contributed by atoms with Gasteiger partial charge >= 0.3 is 6.03 Å². The number of hydrogen-bond donors (Lipinski definition) is 2. The minimum absolute atomic E-state index is 0.0794. The highest BCUT2D eigenvalue weighted by atomic mass is 35.5. The molecule has 9 heteroatoms. The largest absolute Gasteiger partial charge is 0.333 e. The highest BCUT2D eigenvalue weighted by Crippen LogP contribution is 2.35. The van der Waals surface area contributed by atoms with Crippen LogP contribution >= 0.6 is 11.6 Å². The summed E-state index contributed by atoms with van der Waals surface area (Å²) in [4.78, 5) is 12.4. The Morgan fingerprint density at radius 2 is 1.63 bits per heavy atom. The predicted molar refractivity (Wildman–Crippen MR) is 106 cm³/mol. The number of sulfonamides is 1. The predicted octanol–water partition coefficient (Wildman–Crippen LogP) is 4.20. The molecule has 0 bridgehead atoms. The van der Waals surface area contributed by atoms with Crippen molar-refractivity contribution in [2.75, 3.05) is 5.32 Å². The molecule has 0 atom stereocenters. The number of nitrogens with zero attached hydrogens (tertiary/aromatic N) is 2. The van der Waals surface area contributed by atoms with Crippen LogP contribution in [0.4, 0.5) is 10.5 Å². The summed E-state index contributed by atoms with van der Waals surface area (Å²) >= 11 is 6.21. The van der Waals surface area contributed by atoms with Crippen LogP contribution in [0.25, 0.3) is 0 Å². The number of hydrogen-bond acceptors (Lipinski definition) is 5. The summed E-state index contributed by atoms with van der Waals surface area (Å²) in [5.74, 6) is 0.159. The Hall–Kier alpha value is -2.19. The van der Waals surface area contributed by atoms with Crippen molar-refractivity contribution in [1.82, 2.24) is 14.9 Å². The van der Waals surface area contributed by atoms with Gasteiger partial charge in [0.2, 0.25) is 0 Å². The lowest BCUT2D eigenvalue weighted by Crippen LogP contribution is -2.35. The van der Waals surface area contributed by atoms with E-state index in [1.807, 2.05) is 32.4 Å². The van der Waals surface area contributed by atoms with Gasteiger partial charge in [-0.15, -0.1) is 5.10 Å². The van der Waals surface area contributed by atoms with Gasteiger partial charge in [0.25, 0.3) is 10.0 Å². The first-order valence-electron chi connectivity index (χ1n) is 8.47. The number of halogens is 1. The van der Waals surface area contributed by atoms with Gasteiger partial charge in [0, 0.05) is 10.7 Å². The van der Waals surface area contributed by atoms with E-state index in [4.69, 9.17) is 11.6 Å². The van der Waals surface area contributed by atoms with E-state index in [0.29, 0.717) is 16.3 Å². The maximum Gasteiger partial charge on any atom is 0.333 e. The lowest BCUT2D eigenvalue weighted by molar-refractivity contribution is 0.256. The van der Waals surface area contributed by atoms with Gasteiger partial charge in [-0.1, -0.05) is 39.3 Å². The number of rotatable bonds is 5. The fourth-order valence-corrected chi connectivity index (χ4v) is 3.72. The number of urea groups is 1. The molecule has 0 radical (unpaired) electrons. The van der Waals surface area contributed by atoms with Crippen LogP contribution in [0.15, 0.2) is 29.4 Å². The number of amides is 2. The minimum atomic E-state index is -4.14. The fourth-order valence-electron chi connectivity index (χ4n) is 2.59. The molecule has 27 heavy (non-hydrogen) atoms. The number of anilines is 1. The first-order chi connectivity index (χ1) is 12.5. The number of benzene rings is 1. The zero-order chi connectivity index (χ0) is 20.4. The Labute approximate surface area is 164 Å². The van der Waals surface area contributed by atoms with Gasteiger partial charge in [0.1, 0.15) is 0 Å². The standard InChI is InChI=1S/C18H23ClN4O3S/c1-10(2)14-7-13(19)8-15(11(3)4)17(14)21-18(24)23-27(25,26)16-6-12(5)9-20-22-16/h6-11H,1-5H3,(H2,21,23,24). The van der Waals surface area contributed by atoms with E-state index in [2.05, 4.69) is 15.5 Å². The summed E-state index contributed by atoms with van der Waals surface area (Å²) in [6, 6.07) is 4.01. The van der Waals surface area contributed by atoms with Gasteiger partial charge in [-0.25, -0.2) is 9.52 Å². The Kier molecular flexibility index (Phi) is 6.43. The third kappa shape index (κ3) is 5.17. The Bertz CT molecular complexity index is 930. The molecule has 0 aliphatic carbocycles. The van der Waals surface area contributed by atoms with Crippen LogP contribution in [-0.2, 0) is 10.0 Å². The van der Waals surface area contributed by atoms with E-state index in [0.717, 1.165) is 11.1 Å². The van der Waals surface area contributed by atoms with Crippen LogP contribution < -0.4 is 10.0 Å². The van der Waals surface area contributed by atoms with E-state index in [-0.39, 0.29) is 16.9 Å². The Balaban J connectivity index is 2.35. The highest BCUT2D eigenvalue weighted by molar-refractivity contribution is 7.90. The minimum Gasteiger partial charge on any atom is -0.307 e. The van der Waals surface area contributed by atoms with Gasteiger partial charge < -0.3 is 5.32 Å². The number of carbonyl (C=O) groups is 1. The average molecular weight is 411 g/mol. The summed E-state index contributed by atoms with van der Waals surface area (Å²) in [7, 11) is -4.14. The number of carbonyl (C=O) groups excluding carboxylic acids is 1. The van der Waals surface area contributed by atoms with Crippen molar-refractivity contribution in [2.45, 2.75) is 51.5 Å². The number of aryl methyl sites for hydroxylation is 1. The van der Waals surface area contributed by atoms with Crippen molar-refractivity contribution in [3.8, 4) is 0 Å². The lowest BCUT2D eigenvalue weighted by atomic mass is 9.92. The monoisotopic (exact) mass is 410 g/mol. The first kappa shape index (κ1) is 21.1. The van der Waals surface area contributed by atoms with Crippen LogP contribution in [-0.4, -0.2) is 24.6 Å². The number of nitrogens with one attached hydrogen (secondary N) is 2. The maximum absolute atomic E-state index is 12.4. The zero-order valence-corrected chi connectivity index (χ0v) is 17.4. The van der Waals surface area contributed by atoms with Gasteiger partial charge in [0.05, 0.1) is 6.20 Å². The molecule has 0 unspecified atom stereocenters. The molecule has 2 N–H and O–H groups in total. The summed E-state index contributed by atoms with van der Waals surface area (Å²) in [5.41, 5.74) is 2.84. The van der Waals surface area contributed by atoms with Gasteiger partial charge in [-0.2, -0.15) is 13.5 Å². The summed E-state index contributed by atoms with van der Waals surface area (Å²) in [6.07, 6.45) is 1.43. The van der Waals surface area contributed by atoms with E-state index in [1.54, 1.807) is 19.1 Å². The van der Waals surface area contributed by atoms with Crippen LogP contribution in [0.5, 0.6) is 0 Å². The second-order valence-corrected chi connectivity index (χ2v) is 8.97. The molecular formula is C18H23ClN4O3S. The van der Waals surface area contributed by atoms with Crippen molar-refractivity contribution < 1.29 is 13.2 Å². The van der Waals surface area contributed by atoms with E-state index in [1.165, 1.54) is 12.3 Å². The zero-order valence-electron chi connectivity index (χ0n) is 15.9. The average Bonchev–Trinajstić information content (AvgIpc) is 2.55. The smallest absolute Gasteiger partial charge is 0.307 e. The molecule has 1 heterocycles. The summed E-state index contributed by atoms with van der Waals surface area (Å²) in [5, 5.41) is 10.1. The van der Waals surface area contributed by atoms with Gasteiger partial charge in [-0.05, 0) is 53.6 Å². The SMILES string of the molecule is Cc1cnnc(S(=O)(=O)NC(=O)Nc2c(C(C)C)cc(Cl)cc2C(C)C)c1. The van der Waals surface area contributed by atoms with Crippen LogP contribution in [0.3, 0.4) is 0 Å². The van der Waals surface area contributed by atoms with E-state index < -0.39 is 16.1 Å². The Morgan fingerprint density at radius 1 is 1.07 bits per heavy atom. The molecule has 0 fully saturated rings. The molecule has 2 aromatic rings. The second kappa shape index (κ2) is 8.22. The van der Waals surface area contributed by atoms with Crippen molar-refractivity contribution in [1.29, 1.82) is 0 Å². The van der Waals surface area contributed by atoms with E-state index in [9.17, 15) is 13.2 Å². The number of aromatic nitrogens is 2. The highest BCUT2D eigenvalue weighted by Gasteiger charge is 2.23. The molecule has 1 aromatic carbocycles. The van der Waals surface area contributed by atoms with Crippen molar-refractivity contribution >= 4 is 33.3 Å². The Morgan fingerprint density at radius 3 is 2.11 bits per heavy atom. The van der Waals surface area contributed by atoms with Crippen LogP contribution in [0.2, 0.25) is 5.02 Å². The normalized spacial score (nSPS) is 11.7. The molecule has 2 amide bonds. The molecule has 0 aliphatic heterocycles. The van der Waals surface area contributed by atoms with Crippen molar-refractivity contribution in [3.05, 3.63) is 46.1 Å². The third-order valence-electron chi connectivity index (χ3n) is 3.92. The van der Waals surface area contributed by atoms with Crippen LogP contribution in [0.1, 0.15) is 56.2 Å². The van der Waals surface area contributed by atoms with Crippen LogP contribution in [0, 0.1) is 6.92 Å². The maximum atomic E-state index is 12.4. The van der Waals surface area contributed by atoms with Crippen molar-refractivity contribution in [2.24, 2.45) is 0 Å². The quantitative estimate of drug-likeness (QED) is 0.769. The molecule has 0 saturated carbocycles. The molecular weight excluding hydrogens is 388 g/mol. The third-order valence-corrected chi connectivity index (χ3v) is 5.34. The summed E-state index contributed by atoms with van der Waals surface area (Å²) in [6.45, 7) is 9.57. The topological polar surface area (TPSA) is 101 Å². The molecule has 0 spiro atoms. The molecule has 0 aliphatic rings. The fraction of sp³-hybridized carbons (Fsp3) is 0.389. The van der Waals surface area contributed by atoms with E-state index >= 15 is 0 Å².